The lowest BCUT2D eigenvalue weighted by molar-refractivity contribution is -0.117. The van der Waals surface area contributed by atoms with E-state index in [4.69, 9.17) is 16.9 Å². The highest BCUT2D eigenvalue weighted by atomic mass is 35.5. The summed E-state index contributed by atoms with van der Waals surface area (Å²) in [6, 6.07) is 7.65. The Kier molecular flexibility index (Phi) is 3.35. The van der Waals surface area contributed by atoms with E-state index in [1.165, 1.54) is 0 Å². The van der Waals surface area contributed by atoms with E-state index in [9.17, 15) is 4.79 Å². The van der Waals surface area contributed by atoms with Crippen molar-refractivity contribution in [3.63, 3.8) is 0 Å². The van der Waals surface area contributed by atoms with Crippen LogP contribution in [0.3, 0.4) is 0 Å². The Bertz CT molecular complexity index is 493. The van der Waals surface area contributed by atoms with Gasteiger partial charge in [0, 0.05) is 24.5 Å². The van der Waals surface area contributed by atoms with Crippen molar-refractivity contribution in [2.75, 3.05) is 17.3 Å². The van der Waals surface area contributed by atoms with E-state index in [0.717, 1.165) is 11.3 Å². The quantitative estimate of drug-likeness (QED) is 0.755. The normalized spacial score (nSPS) is 19.5. The smallest absolute Gasteiger partial charge is 0.227 e. The van der Waals surface area contributed by atoms with Crippen LogP contribution in [0, 0.1) is 24.2 Å². The number of rotatable bonds is 2. The maximum absolute atomic E-state index is 11.8. The first-order valence-corrected chi connectivity index (χ1v) is 6.06. The van der Waals surface area contributed by atoms with Crippen molar-refractivity contribution in [3.05, 3.63) is 29.3 Å². The second kappa shape index (κ2) is 4.77. The summed E-state index contributed by atoms with van der Waals surface area (Å²) >= 11 is 5.78. The minimum atomic E-state index is 0.0865. The molecule has 1 aromatic rings. The molecule has 1 atom stereocenters. The molecule has 1 fully saturated rings. The number of anilines is 1. The third-order valence-corrected chi connectivity index (χ3v) is 3.51. The number of hydrogen-bond donors (Lipinski definition) is 0. The average Bonchev–Trinajstić information content (AvgIpc) is 2.71. The Labute approximate surface area is 106 Å². The van der Waals surface area contributed by atoms with E-state index in [-0.39, 0.29) is 11.8 Å². The Morgan fingerprint density at radius 3 is 2.94 bits per heavy atom. The first kappa shape index (κ1) is 11.9. The van der Waals surface area contributed by atoms with Gasteiger partial charge in [-0.05, 0) is 30.5 Å². The summed E-state index contributed by atoms with van der Waals surface area (Å²) in [4.78, 5) is 13.5. The maximum Gasteiger partial charge on any atom is 0.227 e. The van der Waals surface area contributed by atoms with Crippen molar-refractivity contribution in [1.82, 2.24) is 0 Å². The van der Waals surface area contributed by atoms with Gasteiger partial charge in [0.1, 0.15) is 0 Å². The van der Waals surface area contributed by atoms with Crippen LogP contribution >= 0.6 is 11.6 Å². The lowest BCUT2D eigenvalue weighted by atomic mass is 10.1. The van der Waals surface area contributed by atoms with E-state index in [1.54, 1.807) is 11.0 Å². The second-order valence-electron chi connectivity index (χ2n) is 4.34. The SMILES string of the molecule is Cc1ccc(N2CC(CCl)CC2=O)cc1C#N. The van der Waals surface area contributed by atoms with Crippen LogP contribution in [0.2, 0.25) is 0 Å². The highest BCUT2D eigenvalue weighted by Crippen LogP contribution is 2.27. The zero-order valence-electron chi connectivity index (χ0n) is 9.61. The van der Waals surface area contributed by atoms with Crippen LogP contribution < -0.4 is 4.90 Å². The molecule has 88 valence electrons. The molecule has 0 N–H and O–H groups in total. The predicted molar refractivity (Wildman–Crippen MR) is 67.1 cm³/mol. The molecule has 2 rings (SSSR count). The lowest BCUT2D eigenvalue weighted by Crippen LogP contribution is -2.24. The fraction of sp³-hybridized carbons (Fsp3) is 0.385. The fourth-order valence-corrected chi connectivity index (χ4v) is 2.24. The summed E-state index contributed by atoms with van der Waals surface area (Å²) in [5, 5.41) is 8.98. The van der Waals surface area contributed by atoms with Gasteiger partial charge in [-0.1, -0.05) is 6.07 Å². The van der Waals surface area contributed by atoms with Crippen molar-refractivity contribution >= 4 is 23.2 Å². The van der Waals surface area contributed by atoms with Crippen molar-refractivity contribution in [2.24, 2.45) is 5.92 Å². The second-order valence-corrected chi connectivity index (χ2v) is 4.65. The van der Waals surface area contributed by atoms with Gasteiger partial charge in [0.05, 0.1) is 11.6 Å². The van der Waals surface area contributed by atoms with Gasteiger partial charge in [-0.3, -0.25) is 4.79 Å². The molecule has 0 saturated carbocycles. The molecular weight excluding hydrogens is 236 g/mol. The topological polar surface area (TPSA) is 44.1 Å². The van der Waals surface area contributed by atoms with Crippen LogP contribution in [0.15, 0.2) is 18.2 Å². The van der Waals surface area contributed by atoms with Gasteiger partial charge in [0.25, 0.3) is 0 Å². The Hall–Kier alpha value is -1.53. The molecule has 1 amide bonds. The van der Waals surface area contributed by atoms with E-state index in [0.29, 0.717) is 24.4 Å². The first-order valence-electron chi connectivity index (χ1n) is 5.52. The van der Waals surface area contributed by atoms with Gasteiger partial charge >= 0.3 is 0 Å². The molecule has 0 bridgehead atoms. The molecule has 1 aliphatic rings. The largest absolute Gasteiger partial charge is 0.312 e. The van der Waals surface area contributed by atoms with E-state index in [2.05, 4.69) is 6.07 Å². The molecular formula is C13H13ClN2O. The minimum Gasteiger partial charge on any atom is -0.312 e. The molecule has 0 spiro atoms. The standard InChI is InChI=1S/C13H13ClN2O/c1-9-2-3-12(5-11(9)7-15)16-8-10(6-14)4-13(16)17/h2-3,5,10H,4,6,8H2,1H3. The molecule has 1 unspecified atom stereocenters. The van der Waals surface area contributed by atoms with E-state index >= 15 is 0 Å². The van der Waals surface area contributed by atoms with Crippen molar-refractivity contribution in [3.8, 4) is 6.07 Å². The Morgan fingerprint density at radius 1 is 1.59 bits per heavy atom. The molecule has 3 nitrogen and oxygen atoms in total. The number of nitriles is 1. The summed E-state index contributed by atoms with van der Waals surface area (Å²) in [5.74, 6) is 0.804. The zero-order chi connectivity index (χ0) is 12.4. The van der Waals surface area contributed by atoms with Crippen LogP contribution in [-0.4, -0.2) is 18.3 Å². The summed E-state index contributed by atoms with van der Waals surface area (Å²) < 4.78 is 0. The molecule has 1 aromatic carbocycles. The third-order valence-electron chi connectivity index (χ3n) is 3.08. The van der Waals surface area contributed by atoms with Crippen molar-refractivity contribution < 1.29 is 4.79 Å². The highest BCUT2D eigenvalue weighted by Gasteiger charge is 2.30. The predicted octanol–water partition coefficient (Wildman–Crippen LogP) is 2.46. The molecule has 4 heteroatoms. The van der Waals surface area contributed by atoms with Gasteiger partial charge in [-0.2, -0.15) is 5.26 Å². The molecule has 1 saturated heterocycles. The molecule has 0 radical (unpaired) electrons. The van der Waals surface area contributed by atoms with Gasteiger partial charge in [-0.15, -0.1) is 11.6 Å². The monoisotopic (exact) mass is 248 g/mol. The van der Waals surface area contributed by atoms with Crippen molar-refractivity contribution in [1.29, 1.82) is 5.26 Å². The summed E-state index contributed by atoms with van der Waals surface area (Å²) in [6.45, 7) is 2.53. The number of halogens is 1. The summed E-state index contributed by atoms with van der Waals surface area (Å²) in [5.41, 5.74) is 2.34. The Morgan fingerprint density at radius 2 is 2.35 bits per heavy atom. The number of amides is 1. The number of benzene rings is 1. The molecule has 17 heavy (non-hydrogen) atoms. The fourth-order valence-electron chi connectivity index (χ4n) is 2.03. The number of carbonyl (C=O) groups is 1. The maximum atomic E-state index is 11.8. The van der Waals surface area contributed by atoms with Crippen molar-refractivity contribution in [2.45, 2.75) is 13.3 Å². The van der Waals surface area contributed by atoms with Gasteiger partial charge in [-0.25, -0.2) is 0 Å². The number of carbonyl (C=O) groups excluding carboxylic acids is 1. The van der Waals surface area contributed by atoms with Gasteiger partial charge in [0.15, 0.2) is 0 Å². The average molecular weight is 249 g/mol. The zero-order valence-corrected chi connectivity index (χ0v) is 10.4. The molecule has 1 heterocycles. The minimum absolute atomic E-state index is 0.0865. The third kappa shape index (κ3) is 2.27. The van der Waals surface area contributed by atoms with Crippen LogP contribution in [0.25, 0.3) is 0 Å². The van der Waals surface area contributed by atoms with Gasteiger partial charge in [0.2, 0.25) is 5.91 Å². The number of nitrogens with zero attached hydrogens (tertiary/aromatic N) is 2. The van der Waals surface area contributed by atoms with Crippen LogP contribution in [0.4, 0.5) is 5.69 Å². The molecule has 0 aliphatic carbocycles. The van der Waals surface area contributed by atoms with Crippen LogP contribution in [0.1, 0.15) is 17.5 Å². The molecule has 1 aliphatic heterocycles. The van der Waals surface area contributed by atoms with Crippen LogP contribution in [0.5, 0.6) is 0 Å². The number of hydrogen-bond acceptors (Lipinski definition) is 2. The molecule has 0 aromatic heterocycles. The highest BCUT2D eigenvalue weighted by molar-refractivity contribution is 6.18. The van der Waals surface area contributed by atoms with Crippen LogP contribution in [-0.2, 0) is 4.79 Å². The summed E-state index contributed by atoms with van der Waals surface area (Å²) in [6.07, 6.45) is 0.499. The van der Waals surface area contributed by atoms with E-state index in [1.807, 2.05) is 19.1 Å². The number of aryl methyl sites for hydroxylation is 1. The summed E-state index contributed by atoms with van der Waals surface area (Å²) in [7, 11) is 0. The van der Waals surface area contributed by atoms with E-state index < -0.39 is 0 Å². The first-order chi connectivity index (χ1) is 8.15. The van der Waals surface area contributed by atoms with Gasteiger partial charge < -0.3 is 4.90 Å². The number of alkyl halides is 1. The Balaban J connectivity index is 2.30. The lowest BCUT2D eigenvalue weighted by Gasteiger charge is -2.17.